The summed E-state index contributed by atoms with van der Waals surface area (Å²) in [4.78, 5) is 29.2. The number of aromatic nitrogens is 2. The standard InChI is InChI=1S/C29H31N7O2/c1-18-4-7-23(34-27(37)20-8-10-33-26(13-20)29(2,3)17-31)14-24(18)22(15-30)12-25(32)21-9-11-36(16-21)35-28(38)19-5-6-19/h4,7-16,19H,5-6,30,32H2,1-3H3,(H,34,37)(H,35,38)/b22-15+,25-12-. The van der Waals surface area contributed by atoms with Crippen molar-refractivity contribution < 1.29 is 9.59 Å². The number of nitrogens with zero attached hydrogens (tertiary/aromatic N) is 3. The summed E-state index contributed by atoms with van der Waals surface area (Å²) in [6, 6.07) is 12.8. The molecular weight excluding hydrogens is 478 g/mol. The van der Waals surface area contributed by atoms with Crippen molar-refractivity contribution in [1.29, 1.82) is 5.26 Å². The summed E-state index contributed by atoms with van der Waals surface area (Å²) in [5, 5.41) is 12.3. The molecule has 194 valence electrons. The Balaban J connectivity index is 1.53. The first kappa shape index (κ1) is 26.2. The first-order chi connectivity index (χ1) is 18.1. The molecule has 0 spiro atoms. The van der Waals surface area contributed by atoms with Crippen LogP contribution in [-0.4, -0.2) is 21.5 Å². The second kappa shape index (κ2) is 10.6. The summed E-state index contributed by atoms with van der Waals surface area (Å²) >= 11 is 0. The minimum Gasteiger partial charge on any atom is -0.404 e. The molecule has 9 nitrogen and oxygen atoms in total. The van der Waals surface area contributed by atoms with Crippen LogP contribution in [0.4, 0.5) is 5.69 Å². The fourth-order valence-corrected chi connectivity index (χ4v) is 3.85. The molecule has 3 aromatic rings. The highest BCUT2D eigenvalue weighted by Gasteiger charge is 2.29. The van der Waals surface area contributed by atoms with E-state index in [-0.39, 0.29) is 17.7 Å². The Labute approximate surface area is 221 Å². The molecular formula is C29H31N7O2. The van der Waals surface area contributed by atoms with Gasteiger partial charge >= 0.3 is 0 Å². The van der Waals surface area contributed by atoms with Gasteiger partial charge in [-0.1, -0.05) is 6.07 Å². The largest absolute Gasteiger partial charge is 0.404 e. The molecule has 2 amide bonds. The van der Waals surface area contributed by atoms with Crippen molar-refractivity contribution in [2.45, 2.75) is 39.0 Å². The number of pyridine rings is 1. The molecule has 9 heteroatoms. The number of aryl methyl sites for hydroxylation is 1. The van der Waals surface area contributed by atoms with Gasteiger partial charge in [0.05, 0.1) is 17.2 Å². The van der Waals surface area contributed by atoms with Gasteiger partial charge in [-0.05, 0) is 86.7 Å². The lowest BCUT2D eigenvalue weighted by Gasteiger charge is -2.15. The van der Waals surface area contributed by atoms with Crippen LogP contribution in [0.15, 0.2) is 67.3 Å². The van der Waals surface area contributed by atoms with Gasteiger partial charge in [-0.25, -0.2) is 0 Å². The minimum atomic E-state index is -0.815. The van der Waals surface area contributed by atoms with Crippen LogP contribution in [0, 0.1) is 24.2 Å². The van der Waals surface area contributed by atoms with Gasteiger partial charge in [0.25, 0.3) is 5.91 Å². The molecule has 0 unspecified atom stereocenters. The number of nitrogens with two attached hydrogens (primary N) is 2. The van der Waals surface area contributed by atoms with E-state index in [2.05, 4.69) is 21.8 Å². The summed E-state index contributed by atoms with van der Waals surface area (Å²) in [5.41, 5.74) is 19.5. The van der Waals surface area contributed by atoms with Crippen molar-refractivity contribution in [2.75, 3.05) is 10.7 Å². The fourth-order valence-electron chi connectivity index (χ4n) is 3.85. The molecule has 6 N–H and O–H groups in total. The van der Waals surface area contributed by atoms with Crippen LogP contribution in [0.2, 0.25) is 0 Å². The van der Waals surface area contributed by atoms with Crippen LogP contribution < -0.4 is 22.2 Å². The number of carbonyl (C=O) groups excluding carboxylic acids is 2. The molecule has 1 saturated carbocycles. The van der Waals surface area contributed by atoms with Crippen molar-refractivity contribution in [1.82, 2.24) is 9.66 Å². The number of carbonyl (C=O) groups is 2. The zero-order chi connectivity index (χ0) is 27.4. The number of benzene rings is 1. The van der Waals surface area contributed by atoms with E-state index < -0.39 is 5.41 Å². The second-order valence-corrected chi connectivity index (χ2v) is 9.93. The first-order valence-corrected chi connectivity index (χ1v) is 12.3. The SMILES string of the molecule is Cc1ccc(NC(=O)c2ccnc(C(C)(C)C#N)c2)cc1C(/C=C(\N)c1ccn(NC(=O)C2CC2)c1)=C/N. The maximum Gasteiger partial charge on any atom is 0.255 e. The van der Waals surface area contributed by atoms with Crippen LogP contribution in [0.25, 0.3) is 11.3 Å². The molecule has 1 aliphatic carbocycles. The highest BCUT2D eigenvalue weighted by Crippen LogP contribution is 2.29. The summed E-state index contributed by atoms with van der Waals surface area (Å²) < 4.78 is 1.60. The van der Waals surface area contributed by atoms with Crippen molar-refractivity contribution in [3.05, 3.63) is 95.2 Å². The fraction of sp³-hybridized carbons (Fsp3) is 0.241. The molecule has 0 bridgehead atoms. The Morgan fingerprint density at radius 3 is 2.63 bits per heavy atom. The highest BCUT2D eigenvalue weighted by molar-refractivity contribution is 6.04. The van der Waals surface area contributed by atoms with E-state index in [0.29, 0.717) is 28.2 Å². The van der Waals surface area contributed by atoms with E-state index in [1.807, 2.05) is 31.2 Å². The minimum absolute atomic E-state index is 0.00324. The third-order valence-corrected chi connectivity index (χ3v) is 6.45. The summed E-state index contributed by atoms with van der Waals surface area (Å²) in [5.74, 6) is -0.218. The van der Waals surface area contributed by atoms with Crippen molar-refractivity contribution in [3.63, 3.8) is 0 Å². The van der Waals surface area contributed by atoms with Gasteiger partial charge in [-0.3, -0.25) is 24.7 Å². The zero-order valence-corrected chi connectivity index (χ0v) is 21.7. The monoisotopic (exact) mass is 509 g/mol. The first-order valence-electron chi connectivity index (χ1n) is 12.3. The molecule has 0 atom stereocenters. The van der Waals surface area contributed by atoms with E-state index in [1.54, 1.807) is 49.1 Å². The van der Waals surface area contributed by atoms with Crippen LogP contribution in [0.1, 0.15) is 59.4 Å². The molecule has 4 rings (SSSR count). The Bertz CT molecular complexity index is 1490. The van der Waals surface area contributed by atoms with E-state index >= 15 is 0 Å². The molecule has 0 aliphatic heterocycles. The average Bonchev–Trinajstić information content (AvgIpc) is 3.67. The van der Waals surface area contributed by atoms with Gasteiger partial charge in [0, 0.05) is 53.2 Å². The molecule has 2 aromatic heterocycles. The van der Waals surface area contributed by atoms with Gasteiger partial charge in [0.15, 0.2) is 0 Å². The smallest absolute Gasteiger partial charge is 0.255 e. The molecule has 0 radical (unpaired) electrons. The second-order valence-electron chi connectivity index (χ2n) is 9.93. The predicted molar refractivity (Wildman–Crippen MR) is 148 cm³/mol. The van der Waals surface area contributed by atoms with Crippen LogP contribution >= 0.6 is 0 Å². The Morgan fingerprint density at radius 2 is 1.95 bits per heavy atom. The quantitative estimate of drug-likeness (QED) is 0.337. The lowest BCUT2D eigenvalue weighted by Crippen LogP contribution is -2.22. The van der Waals surface area contributed by atoms with Crippen molar-refractivity contribution in [3.8, 4) is 6.07 Å². The normalized spacial score (nSPS) is 14.1. The Hall–Kier alpha value is -4.84. The van der Waals surface area contributed by atoms with Crippen LogP contribution in [0.5, 0.6) is 0 Å². The summed E-state index contributed by atoms with van der Waals surface area (Å²) in [7, 11) is 0. The van der Waals surface area contributed by atoms with Gasteiger partial charge in [0.1, 0.15) is 0 Å². The number of hydrogen-bond acceptors (Lipinski definition) is 6. The third kappa shape index (κ3) is 5.93. The lowest BCUT2D eigenvalue weighted by atomic mass is 9.90. The maximum atomic E-state index is 13.0. The number of anilines is 1. The Kier molecular flexibility index (Phi) is 7.35. The zero-order valence-electron chi connectivity index (χ0n) is 21.7. The van der Waals surface area contributed by atoms with E-state index in [9.17, 15) is 14.9 Å². The molecule has 0 saturated heterocycles. The van der Waals surface area contributed by atoms with E-state index in [0.717, 1.165) is 29.5 Å². The molecule has 2 heterocycles. The number of allylic oxidation sites excluding steroid dienone is 2. The molecule has 1 aliphatic rings. The predicted octanol–water partition coefficient (Wildman–Crippen LogP) is 4.02. The van der Waals surface area contributed by atoms with E-state index in [1.165, 1.54) is 12.4 Å². The van der Waals surface area contributed by atoms with E-state index in [4.69, 9.17) is 11.5 Å². The summed E-state index contributed by atoms with van der Waals surface area (Å²) in [6.45, 7) is 5.45. The molecule has 1 fully saturated rings. The van der Waals surface area contributed by atoms with Gasteiger partial charge < -0.3 is 16.8 Å². The maximum absolute atomic E-state index is 13.0. The van der Waals surface area contributed by atoms with Gasteiger partial charge in [-0.15, -0.1) is 0 Å². The number of amides is 2. The van der Waals surface area contributed by atoms with Crippen molar-refractivity contribution in [2.24, 2.45) is 17.4 Å². The van der Waals surface area contributed by atoms with Crippen LogP contribution in [0.3, 0.4) is 0 Å². The average molecular weight is 510 g/mol. The number of rotatable bonds is 8. The lowest BCUT2D eigenvalue weighted by molar-refractivity contribution is -0.118. The van der Waals surface area contributed by atoms with Crippen molar-refractivity contribution >= 4 is 28.8 Å². The number of nitrogens with one attached hydrogen (secondary N) is 2. The topological polar surface area (TPSA) is 152 Å². The molecule has 1 aromatic carbocycles. The Morgan fingerprint density at radius 1 is 1.18 bits per heavy atom. The van der Waals surface area contributed by atoms with Crippen LogP contribution in [-0.2, 0) is 10.2 Å². The van der Waals surface area contributed by atoms with Gasteiger partial charge in [-0.2, -0.15) is 5.26 Å². The molecule has 38 heavy (non-hydrogen) atoms. The third-order valence-electron chi connectivity index (χ3n) is 6.45. The summed E-state index contributed by atoms with van der Waals surface area (Å²) in [6.07, 6.45) is 10.1. The number of nitriles is 1. The highest BCUT2D eigenvalue weighted by atomic mass is 16.2. The van der Waals surface area contributed by atoms with Gasteiger partial charge in [0.2, 0.25) is 5.91 Å². The number of hydrogen-bond donors (Lipinski definition) is 4.